The number of nitrogens with zero attached hydrogens (tertiary/aromatic N) is 2. The SMILES string of the molecule is CCC(CC#N)CN1CCCC1. The molecule has 0 radical (unpaired) electrons. The molecule has 0 aromatic heterocycles. The van der Waals surface area contributed by atoms with Crippen LogP contribution >= 0.6 is 0 Å². The van der Waals surface area contributed by atoms with E-state index in [0.29, 0.717) is 5.92 Å². The van der Waals surface area contributed by atoms with Crippen LogP contribution in [0.1, 0.15) is 32.6 Å². The first-order valence-electron chi connectivity index (χ1n) is 4.96. The highest BCUT2D eigenvalue weighted by Gasteiger charge is 2.15. The normalized spacial score (nSPS) is 20.7. The lowest BCUT2D eigenvalue weighted by molar-refractivity contribution is 0.275. The van der Waals surface area contributed by atoms with E-state index in [2.05, 4.69) is 17.9 Å². The minimum Gasteiger partial charge on any atom is -0.303 e. The summed E-state index contributed by atoms with van der Waals surface area (Å²) in [5.74, 6) is 0.605. The van der Waals surface area contributed by atoms with Crippen LogP contribution in [0.25, 0.3) is 0 Å². The molecule has 68 valence electrons. The maximum Gasteiger partial charge on any atom is 0.0625 e. The summed E-state index contributed by atoms with van der Waals surface area (Å²) in [7, 11) is 0. The van der Waals surface area contributed by atoms with E-state index in [1.54, 1.807) is 0 Å². The van der Waals surface area contributed by atoms with Crippen LogP contribution in [0, 0.1) is 17.2 Å². The number of rotatable bonds is 4. The summed E-state index contributed by atoms with van der Waals surface area (Å²) < 4.78 is 0. The third-order valence-corrected chi connectivity index (χ3v) is 2.67. The Balaban J connectivity index is 2.21. The van der Waals surface area contributed by atoms with Gasteiger partial charge in [0.2, 0.25) is 0 Å². The van der Waals surface area contributed by atoms with Gasteiger partial charge in [-0.2, -0.15) is 5.26 Å². The van der Waals surface area contributed by atoms with Gasteiger partial charge < -0.3 is 4.90 Å². The van der Waals surface area contributed by atoms with Crippen LogP contribution < -0.4 is 0 Å². The Labute approximate surface area is 75.2 Å². The van der Waals surface area contributed by atoms with Crippen molar-refractivity contribution in [2.45, 2.75) is 32.6 Å². The summed E-state index contributed by atoms with van der Waals surface area (Å²) in [6.07, 6.45) is 4.57. The van der Waals surface area contributed by atoms with Gasteiger partial charge in [-0.05, 0) is 31.8 Å². The van der Waals surface area contributed by atoms with Crippen molar-refractivity contribution in [1.29, 1.82) is 5.26 Å². The molecule has 0 amide bonds. The summed E-state index contributed by atoms with van der Waals surface area (Å²) in [5.41, 5.74) is 0. The van der Waals surface area contributed by atoms with Crippen LogP contribution in [0.2, 0.25) is 0 Å². The predicted molar refractivity (Wildman–Crippen MR) is 49.7 cm³/mol. The molecule has 0 bridgehead atoms. The summed E-state index contributed by atoms with van der Waals surface area (Å²) >= 11 is 0. The molecule has 0 N–H and O–H groups in total. The average molecular weight is 166 g/mol. The van der Waals surface area contributed by atoms with Crippen molar-refractivity contribution in [2.24, 2.45) is 5.92 Å². The summed E-state index contributed by atoms with van der Waals surface area (Å²) in [5, 5.41) is 8.57. The highest BCUT2D eigenvalue weighted by atomic mass is 15.1. The summed E-state index contributed by atoms with van der Waals surface area (Å²) in [6.45, 7) is 5.83. The van der Waals surface area contributed by atoms with Gasteiger partial charge in [-0.15, -0.1) is 0 Å². The molecule has 2 heteroatoms. The lowest BCUT2D eigenvalue weighted by atomic mass is 10.0. The van der Waals surface area contributed by atoms with E-state index in [4.69, 9.17) is 5.26 Å². The molecule has 1 atom stereocenters. The van der Waals surface area contributed by atoms with Crippen molar-refractivity contribution >= 4 is 0 Å². The van der Waals surface area contributed by atoms with Crippen molar-refractivity contribution in [1.82, 2.24) is 4.90 Å². The summed E-state index contributed by atoms with van der Waals surface area (Å²) in [4.78, 5) is 2.49. The summed E-state index contributed by atoms with van der Waals surface area (Å²) in [6, 6.07) is 2.27. The Morgan fingerprint density at radius 2 is 2.08 bits per heavy atom. The number of hydrogen-bond acceptors (Lipinski definition) is 2. The van der Waals surface area contributed by atoms with Crippen molar-refractivity contribution in [2.75, 3.05) is 19.6 Å². The molecule has 12 heavy (non-hydrogen) atoms. The molecule has 1 aliphatic heterocycles. The Kier molecular flexibility index (Phi) is 4.10. The largest absolute Gasteiger partial charge is 0.303 e. The second kappa shape index (κ2) is 5.16. The lowest BCUT2D eigenvalue weighted by Gasteiger charge is -2.19. The monoisotopic (exact) mass is 166 g/mol. The van der Waals surface area contributed by atoms with Gasteiger partial charge in [0, 0.05) is 13.0 Å². The standard InChI is InChI=1S/C10H18N2/c1-2-10(5-6-11)9-12-7-3-4-8-12/h10H,2-5,7-9H2,1H3. The van der Waals surface area contributed by atoms with Crippen LogP contribution in [0.3, 0.4) is 0 Å². The van der Waals surface area contributed by atoms with Crippen LogP contribution in [-0.2, 0) is 0 Å². The fourth-order valence-electron chi connectivity index (χ4n) is 1.80. The zero-order valence-corrected chi connectivity index (χ0v) is 7.92. The average Bonchev–Trinajstić information content (AvgIpc) is 2.56. The van der Waals surface area contributed by atoms with Crippen LogP contribution in [-0.4, -0.2) is 24.5 Å². The molecular formula is C10H18N2. The van der Waals surface area contributed by atoms with Gasteiger partial charge in [0.1, 0.15) is 0 Å². The maximum atomic E-state index is 8.57. The fourth-order valence-corrected chi connectivity index (χ4v) is 1.80. The third-order valence-electron chi connectivity index (χ3n) is 2.67. The minimum atomic E-state index is 0.605. The number of nitriles is 1. The van der Waals surface area contributed by atoms with E-state index in [0.717, 1.165) is 19.4 Å². The van der Waals surface area contributed by atoms with Gasteiger partial charge in [-0.3, -0.25) is 0 Å². The molecule has 0 aliphatic carbocycles. The first-order valence-corrected chi connectivity index (χ1v) is 4.96. The molecule has 2 nitrogen and oxygen atoms in total. The van der Waals surface area contributed by atoms with Gasteiger partial charge in [-0.25, -0.2) is 0 Å². The molecule has 1 fully saturated rings. The Morgan fingerprint density at radius 1 is 1.42 bits per heavy atom. The van der Waals surface area contributed by atoms with Crippen molar-refractivity contribution in [3.8, 4) is 6.07 Å². The van der Waals surface area contributed by atoms with Gasteiger partial charge in [-0.1, -0.05) is 13.3 Å². The molecule has 0 aromatic carbocycles. The molecule has 0 saturated carbocycles. The van der Waals surface area contributed by atoms with E-state index in [-0.39, 0.29) is 0 Å². The molecule has 0 spiro atoms. The quantitative estimate of drug-likeness (QED) is 0.639. The van der Waals surface area contributed by atoms with Crippen molar-refractivity contribution in [3.63, 3.8) is 0 Å². The Bertz CT molecular complexity index is 154. The lowest BCUT2D eigenvalue weighted by Crippen LogP contribution is -2.26. The van der Waals surface area contributed by atoms with Gasteiger partial charge in [0.15, 0.2) is 0 Å². The fraction of sp³-hybridized carbons (Fsp3) is 0.900. The van der Waals surface area contributed by atoms with Gasteiger partial charge >= 0.3 is 0 Å². The topological polar surface area (TPSA) is 27.0 Å². The molecule has 0 aromatic rings. The minimum absolute atomic E-state index is 0.605. The highest BCUT2D eigenvalue weighted by Crippen LogP contribution is 2.14. The molecule has 1 saturated heterocycles. The predicted octanol–water partition coefficient (Wildman–Crippen LogP) is 2.02. The third kappa shape index (κ3) is 2.83. The van der Waals surface area contributed by atoms with Gasteiger partial charge in [0.25, 0.3) is 0 Å². The van der Waals surface area contributed by atoms with Crippen molar-refractivity contribution in [3.05, 3.63) is 0 Å². The van der Waals surface area contributed by atoms with Crippen LogP contribution in [0.15, 0.2) is 0 Å². The smallest absolute Gasteiger partial charge is 0.0625 e. The van der Waals surface area contributed by atoms with E-state index >= 15 is 0 Å². The van der Waals surface area contributed by atoms with E-state index in [1.807, 2.05) is 0 Å². The molecule has 1 rings (SSSR count). The van der Waals surface area contributed by atoms with E-state index in [9.17, 15) is 0 Å². The highest BCUT2D eigenvalue weighted by molar-refractivity contribution is 4.78. The maximum absolute atomic E-state index is 8.57. The zero-order chi connectivity index (χ0) is 8.81. The zero-order valence-electron chi connectivity index (χ0n) is 7.92. The number of hydrogen-bond donors (Lipinski definition) is 0. The van der Waals surface area contributed by atoms with Crippen LogP contribution in [0.5, 0.6) is 0 Å². The van der Waals surface area contributed by atoms with E-state index < -0.39 is 0 Å². The molecular weight excluding hydrogens is 148 g/mol. The second-order valence-corrected chi connectivity index (χ2v) is 3.64. The van der Waals surface area contributed by atoms with Crippen LogP contribution in [0.4, 0.5) is 0 Å². The Hall–Kier alpha value is -0.550. The van der Waals surface area contributed by atoms with Crippen molar-refractivity contribution < 1.29 is 0 Å². The Morgan fingerprint density at radius 3 is 2.58 bits per heavy atom. The molecule has 1 unspecified atom stereocenters. The van der Waals surface area contributed by atoms with E-state index in [1.165, 1.54) is 25.9 Å². The number of likely N-dealkylation sites (tertiary alicyclic amines) is 1. The first kappa shape index (κ1) is 9.54. The van der Waals surface area contributed by atoms with Gasteiger partial charge in [0.05, 0.1) is 6.07 Å². The first-order chi connectivity index (χ1) is 5.86. The molecule has 1 heterocycles. The molecule has 1 aliphatic rings. The second-order valence-electron chi connectivity index (χ2n) is 3.64.